The molecule has 0 aliphatic heterocycles. The van der Waals surface area contributed by atoms with Gasteiger partial charge in [0.15, 0.2) is 0 Å². The molecule has 6 heteroatoms. The van der Waals surface area contributed by atoms with Crippen LogP contribution in [0.3, 0.4) is 0 Å². The molecule has 1 aliphatic rings. The zero-order valence-electron chi connectivity index (χ0n) is 19.0. The molecule has 0 fully saturated rings. The molecule has 4 aromatic carbocycles. The van der Waals surface area contributed by atoms with Crippen LogP contribution in [0.4, 0.5) is 4.79 Å². The van der Waals surface area contributed by atoms with Crippen LogP contribution in [-0.4, -0.2) is 35.6 Å². The summed E-state index contributed by atoms with van der Waals surface area (Å²) >= 11 is 6.34. The topological polar surface area (TPSA) is 78.8 Å². The molecule has 4 aromatic rings. The van der Waals surface area contributed by atoms with Crippen molar-refractivity contribution in [2.24, 2.45) is 0 Å². The zero-order valence-corrected chi connectivity index (χ0v) is 19.8. The first-order valence-corrected chi connectivity index (χ1v) is 12.0. The summed E-state index contributed by atoms with van der Waals surface area (Å²) in [6, 6.07) is 27.3. The number of carbonyl (C=O) groups excluding carboxylic acids is 1. The molecule has 5 rings (SSSR count). The van der Waals surface area contributed by atoms with Crippen LogP contribution in [0.5, 0.6) is 0 Å². The highest BCUT2D eigenvalue weighted by Crippen LogP contribution is 2.44. The predicted molar refractivity (Wildman–Crippen MR) is 138 cm³/mol. The number of alkyl carbamates (subject to hydrolysis) is 1. The highest BCUT2D eigenvalue weighted by Gasteiger charge is 2.29. The van der Waals surface area contributed by atoms with Gasteiger partial charge in [-0.15, -0.1) is 0 Å². The van der Waals surface area contributed by atoms with Crippen molar-refractivity contribution in [2.45, 2.75) is 24.5 Å². The lowest BCUT2D eigenvalue weighted by atomic mass is 9.96. The van der Waals surface area contributed by atoms with Crippen molar-refractivity contribution < 1.29 is 19.7 Å². The van der Waals surface area contributed by atoms with Crippen LogP contribution >= 0.6 is 11.6 Å². The fourth-order valence-corrected chi connectivity index (χ4v) is 5.20. The monoisotopic (exact) mass is 487 g/mol. The van der Waals surface area contributed by atoms with Crippen molar-refractivity contribution in [1.82, 2.24) is 5.32 Å². The maximum Gasteiger partial charge on any atom is 0.407 e. The van der Waals surface area contributed by atoms with Gasteiger partial charge in [0.25, 0.3) is 0 Å². The molecule has 5 nitrogen and oxygen atoms in total. The number of ether oxygens (including phenoxy) is 1. The van der Waals surface area contributed by atoms with Crippen molar-refractivity contribution in [3.63, 3.8) is 0 Å². The highest BCUT2D eigenvalue weighted by molar-refractivity contribution is 6.35. The van der Waals surface area contributed by atoms with Crippen LogP contribution < -0.4 is 5.32 Å². The summed E-state index contributed by atoms with van der Waals surface area (Å²) in [5.74, 6) is -0.0170. The second kappa shape index (κ2) is 10.1. The second-order valence-electron chi connectivity index (χ2n) is 8.74. The Morgan fingerprint density at radius 3 is 2.20 bits per heavy atom. The summed E-state index contributed by atoms with van der Waals surface area (Å²) in [7, 11) is 0. The lowest BCUT2D eigenvalue weighted by molar-refractivity contribution is 0.0145. The number of aliphatic hydroxyl groups excluding tert-OH is 2. The van der Waals surface area contributed by atoms with E-state index in [-0.39, 0.29) is 25.5 Å². The average molecular weight is 488 g/mol. The molecule has 1 amide bonds. The zero-order chi connectivity index (χ0) is 24.4. The Balaban J connectivity index is 1.17. The Morgan fingerprint density at radius 2 is 1.51 bits per heavy atom. The van der Waals surface area contributed by atoms with E-state index in [1.165, 1.54) is 11.1 Å². The molecule has 2 atom stereocenters. The maximum absolute atomic E-state index is 12.4. The Bertz CT molecular complexity index is 1320. The number of aliphatic hydroxyl groups is 2. The molecular weight excluding hydrogens is 462 g/mol. The highest BCUT2D eigenvalue weighted by atomic mass is 35.5. The van der Waals surface area contributed by atoms with E-state index in [1.54, 1.807) is 12.1 Å². The summed E-state index contributed by atoms with van der Waals surface area (Å²) in [5.41, 5.74) is 5.19. The summed E-state index contributed by atoms with van der Waals surface area (Å²) in [5, 5.41) is 26.1. The van der Waals surface area contributed by atoms with Gasteiger partial charge in [0.1, 0.15) is 12.7 Å². The molecule has 0 bridgehead atoms. The molecule has 2 unspecified atom stereocenters. The molecule has 35 heavy (non-hydrogen) atoms. The van der Waals surface area contributed by atoms with Crippen LogP contribution in [0.15, 0.2) is 84.9 Å². The minimum Gasteiger partial charge on any atom is -0.449 e. The molecule has 0 radical (unpaired) electrons. The number of amides is 1. The second-order valence-corrected chi connectivity index (χ2v) is 9.15. The smallest absolute Gasteiger partial charge is 0.407 e. The minimum atomic E-state index is -1.14. The summed E-state index contributed by atoms with van der Waals surface area (Å²) in [6.07, 6.45) is -2.61. The summed E-state index contributed by atoms with van der Waals surface area (Å²) in [6.45, 7) is 0.382. The first-order chi connectivity index (χ1) is 17.0. The fraction of sp³-hybridized carbons (Fsp3) is 0.207. The molecule has 0 spiro atoms. The number of hydrogen-bond acceptors (Lipinski definition) is 4. The number of halogens is 1. The van der Waals surface area contributed by atoms with Gasteiger partial charge in [-0.05, 0) is 45.7 Å². The number of carbonyl (C=O) groups is 1. The number of fused-ring (bicyclic) bond motifs is 4. The standard InChI is InChI=1S/C29H26ClNO4/c30-25-14-6-8-18-7-5-13-23(27(18)25)28(33)26(32)15-16-31-29(34)35-17-24-21-11-3-1-9-19(21)20-10-2-4-12-22(20)24/h1-14,24,26,28,32-33H,15-17H2,(H,31,34). The van der Waals surface area contributed by atoms with Crippen molar-refractivity contribution in [2.75, 3.05) is 13.2 Å². The average Bonchev–Trinajstić information content (AvgIpc) is 3.20. The van der Waals surface area contributed by atoms with Crippen molar-refractivity contribution in [1.29, 1.82) is 0 Å². The third-order valence-corrected chi connectivity index (χ3v) is 6.94. The van der Waals surface area contributed by atoms with Crippen LogP contribution in [0, 0.1) is 0 Å². The Kier molecular flexibility index (Phi) is 6.73. The van der Waals surface area contributed by atoms with E-state index in [0.717, 1.165) is 16.5 Å². The van der Waals surface area contributed by atoms with Crippen LogP contribution in [0.1, 0.15) is 35.1 Å². The summed E-state index contributed by atoms with van der Waals surface area (Å²) in [4.78, 5) is 12.4. The van der Waals surface area contributed by atoms with E-state index >= 15 is 0 Å². The van der Waals surface area contributed by atoms with E-state index in [4.69, 9.17) is 16.3 Å². The number of benzene rings is 4. The van der Waals surface area contributed by atoms with Gasteiger partial charge in [0.05, 0.1) is 6.10 Å². The van der Waals surface area contributed by atoms with Crippen LogP contribution in [0.25, 0.3) is 21.9 Å². The molecule has 0 aromatic heterocycles. The molecule has 0 saturated carbocycles. The lowest BCUT2D eigenvalue weighted by Crippen LogP contribution is -2.30. The molecule has 0 heterocycles. The van der Waals surface area contributed by atoms with Crippen LogP contribution in [-0.2, 0) is 4.74 Å². The quantitative estimate of drug-likeness (QED) is 0.307. The first kappa shape index (κ1) is 23.4. The van der Waals surface area contributed by atoms with E-state index in [9.17, 15) is 15.0 Å². The predicted octanol–water partition coefficient (Wildman–Crippen LogP) is 5.82. The molecule has 178 valence electrons. The van der Waals surface area contributed by atoms with E-state index in [1.807, 2.05) is 48.5 Å². The van der Waals surface area contributed by atoms with Crippen molar-refractivity contribution >= 4 is 28.5 Å². The third-order valence-electron chi connectivity index (χ3n) is 6.62. The molecule has 0 saturated heterocycles. The maximum atomic E-state index is 12.4. The van der Waals surface area contributed by atoms with Gasteiger partial charge >= 0.3 is 6.09 Å². The molecular formula is C29H26ClNO4. The Labute approximate surface area is 208 Å². The number of hydrogen-bond donors (Lipinski definition) is 3. The molecule has 3 N–H and O–H groups in total. The van der Waals surface area contributed by atoms with Gasteiger partial charge in [-0.2, -0.15) is 0 Å². The number of nitrogens with one attached hydrogen (secondary N) is 1. The van der Waals surface area contributed by atoms with E-state index in [2.05, 4.69) is 29.6 Å². The Hall–Kier alpha value is -3.38. The summed E-state index contributed by atoms with van der Waals surface area (Å²) < 4.78 is 5.53. The van der Waals surface area contributed by atoms with Gasteiger partial charge in [-0.1, -0.05) is 90.5 Å². The normalized spacial score (nSPS) is 14.3. The third kappa shape index (κ3) is 4.63. The van der Waals surface area contributed by atoms with E-state index in [0.29, 0.717) is 16.0 Å². The van der Waals surface area contributed by atoms with Crippen molar-refractivity contribution in [3.8, 4) is 11.1 Å². The van der Waals surface area contributed by atoms with E-state index < -0.39 is 18.3 Å². The number of rotatable bonds is 7. The van der Waals surface area contributed by atoms with Crippen molar-refractivity contribution in [3.05, 3.63) is 107 Å². The Morgan fingerprint density at radius 1 is 0.886 bits per heavy atom. The SMILES string of the molecule is O=C(NCCC(O)C(O)c1cccc2cccc(Cl)c12)OCC1c2ccccc2-c2ccccc21. The minimum absolute atomic E-state index is 0.0170. The lowest BCUT2D eigenvalue weighted by Gasteiger charge is -2.20. The van der Waals surface area contributed by atoms with Gasteiger partial charge < -0.3 is 20.3 Å². The van der Waals surface area contributed by atoms with Gasteiger partial charge in [0.2, 0.25) is 0 Å². The van der Waals surface area contributed by atoms with Gasteiger partial charge in [0, 0.05) is 22.9 Å². The van der Waals surface area contributed by atoms with Gasteiger partial charge in [-0.3, -0.25) is 0 Å². The molecule has 1 aliphatic carbocycles. The first-order valence-electron chi connectivity index (χ1n) is 11.7. The largest absolute Gasteiger partial charge is 0.449 e. The fourth-order valence-electron chi connectivity index (χ4n) is 4.91. The van der Waals surface area contributed by atoms with Gasteiger partial charge in [-0.25, -0.2) is 4.79 Å². The van der Waals surface area contributed by atoms with Crippen LogP contribution in [0.2, 0.25) is 5.02 Å².